The molecular weight excluding hydrogens is 627 g/mol. The molecule has 0 bridgehead atoms. The van der Waals surface area contributed by atoms with Gasteiger partial charge in [0.2, 0.25) is 0 Å². The molecule has 2 fully saturated rings. The van der Waals surface area contributed by atoms with Crippen molar-refractivity contribution in [3.05, 3.63) is 107 Å². The van der Waals surface area contributed by atoms with Gasteiger partial charge in [0.05, 0.1) is 28.2 Å². The van der Waals surface area contributed by atoms with Crippen LogP contribution in [0, 0.1) is 11.3 Å². The van der Waals surface area contributed by atoms with E-state index >= 15 is 0 Å². The Morgan fingerprint density at radius 1 is 0.958 bits per heavy atom. The number of nitriles is 1. The van der Waals surface area contributed by atoms with Gasteiger partial charge in [-0.15, -0.1) is 0 Å². The fraction of sp³-hybridized carbons (Fsp3) is 0.333. The maximum atomic E-state index is 14.7. The van der Waals surface area contributed by atoms with E-state index in [9.17, 15) is 23.3 Å². The number of amides is 1. The molecule has 0 N–H and O–H groups in total. The van der Waals surface area contributed by atoms with Gasteiger partial charge in [-0.2, -0.15) is 9.23 Å². The number of carbonyl (C=O) groups is 1. The Balaban J connectivity index is 1.33. The fourth-order valence-corrected chi connectivity index (χ4v) is 8.81. The molecule has 4 heterocycles. The highest BCUT2D eigenvalue weighted by Gasteiger charge is 2.39. The summed E-state index contributed by atoms with van der Waals surface area (Å²) in [5, 5.41) is 10.4. The van der Waals surface area contributed by atoms with Crippen molar-refractivity contribution < 1.29 is 13.2 Å². The third-order valence-corrected chi connectivity index (χ3v) is 11.3. The van der Waals surface area contributed by atoms with E-state index in [1.165, 1.54) is 35.0 Å². The number of pyridine rings is 1. The number of para-hydroxylation sites is 1. The van der Waals surface area contributed by atoms with Crippen molar-refractivity contribution in [2.75, 3.05) is 45.8 Å². The first kappa shape index (κ1) is 31.8. The Labute approximate surface area is 279 Å². The molecule has 5 aromatic rings. The summed E-state index contributed by atoms with van der Waals surface area (Å²) in [7, 11) is -4.51. The average Bonchev–Trinajstić information content (AvgIpc) is 3.72. The number of nitrogens with zero attached hydrogens (tertiary/aromatic N) is 7. The van der Waals surface area contributed by atoms with Gasteiger partial charge in [0.15, 0.2) is 0 Å². The van der Waals surface area contributed by atoms with Crippen LogP contribution in [0.2, 0.25) is 0 Å². The van der Waals surface area contributed by atoms with Crippen LogP contribution in [0.25, 0.3) is 21.9 Å². The minimum absolute atomic E-state index is 0.0740. The van der Waals surface area contributed by atoms with Crippen molar-refractivity contribution in [3.63, 3.8) is 0 Å². The van der Waals surface area contributed by atoms with Crippen molar-refractivity contribution in [1.82, 2.24) is 28.2 Å². The average molecular weight is 664 g/mol. The molecule has 1 amide bonds. The molecule has 2 aliphatic rings. The van der Waals surface area contributed by atoms with E-state index in [1.807, 2.05) is 6.07 Å². The van der Waals surface area contributed by atoms with E-state index in [-0.39, 0.29) is 39.0 Å². The van der Waals surface area contributed by atoms with Gasteiger partial charge >= 0.3 is 5.69 Å². The maximum absolute atomic E-state index is 14.7. The molecule has 246 valence electrons. The molecule has 48 heavy (non-hydrogen) atoms. The highest BCUT2D eigenvalue weighted by molar-refractivity contribution is 7.90. The molecular formula is C36H37N7O4S. The van der Waals surface area contributed by atoms with E-state index in [4.69, 9.17) is 0 Å². The summed E-state index contributed by atoms with van der Waals surface area (Å²) in [6, 6.07) is 22.8. The number of carbonyl (C=O) groups excluding carboxylic acids is 1. The standard InChI is InChI=1S/C36H37N7O4S/c1-2-17-39-19-21-40(22-20-39)29-15-18-41(25-29)35(44)34(28-8-4-3-5-9-28)42-31-23-26(24-37)13-14-30(31)43(36(42)45)48(46,47)32-12-6-10-27-11-7-16-38-33(27)32/h3-14,16,23,29,34H,2,15,17-22,25H2,1H3/t29-,34?/m0/s1. The number of hydrogen-bond donors (Lipinski definition) is 0. The lowest BCUT2D eigenvalue weighted by Gasteiger charge is -2.38. The Morgan fingerprint density at radius 2 is 1.73 bits per heavy atom. The van der Waals surface area contributed by atoms with Crippen LogP contribution in [0.3, 0.4) is 0 Å². The van der Waals surface area contributed by atoms with Crippen LogP contribution in [0.1, 0.15) is 36.9 Å². The van der Waals surface area contributed by atoms with Gasteiger partial charge in [-0.05, 0) is 55.3 Å². The topological polar surface area (TPSA) is 125 Å². The number of aromatic nitrogens is 3. The highest BCUT2D eigenvalue weighted by Crippen LogP contribution is 2.31. The van der Waals surface area contributed by atoms with Crippen molar-refractivity contribution in [2.24, 2.45) is 0 Å². The molecule has 0 aliphatic carbocycles. The van der Waals surface area contributed by atoms with Crippen LogP contribution >= 0.6 is 0 Å². The Bertz CT molecular complexity index is 2190. The van der Waals surface area contributed by atoms with E-state index in [0.717, 1.165) is 49.5 Å². The molecule has 7 rings (SSSR count). The Kier molecular flexibility index (Phi) is 8.60. The maximum Gasteiger partial charge on any atom is 0.344 e. The first-order valence-corrected chi connectivity index (χ1v) is 17.8. The van der Waals surface area contributed by atoms with E-state index in [2.05, 4.69) is 27.8 Å². The normalized spacial score (nSPS) is 18.3. The van der Waals surface area contributed by atoms with Crippen LogP contribution in [0.15, 0.2) is 94.7 Å². The third-order valence-electron chi connectivity index (χ3n) is 9.62. The summed E-state index contributed by atoms with van der Waals surface area (Å²) in [5.74, 6) is -0.291. The zero-order valence-electron chi connectivity index (χ0n) is 26.8. The molecule has 2 saturated heterocycles. The third kappa shape index (κ3) is 5.57. The zero-order valence-corrected chi connectivity index (χ0v) is 27.6. The molecule has 11 nitrogen and oxygen atoms in total. The lowest BCUT2D eigenvalue weighted by Crippen LogP contribution is -2.51. The molecule has 12 heteroatoms. The van der Waals surface area contributed by atoms with Gasteiger partial charge in [0.25, 0.3) is 15.9 Å². The van der Waals surface area contributed by atoms with Gasteiger partial charge in [0.1, 0.15) is 10.9 Å². The molecule has 3 aromatic carbocycles. The molecule has 0 saturated carbocycles. The quantitative estimate of drug-likeness (QED) is 0.246. The summed E-state index contributed by atoms with van der Waals surface area (Å²) in [4.78, 5) is 40.2. The summed E-state index contributed by atoms with van der Waals surface area (Å²) < 4.78 is 30.9. The predicted octanol–water partition coefficient (Wildman–Crippen LogP) is 3.68. The van der Waals surface area contributed by atoms with Crippen LogP contribution in [0.5, 0.6) is 0 Å². The molecule has 2 aliphatic heterocycles. The molecule has 2 atom stereocenters. The summed E-state index contributed by atoms with van der Waals surface area (Å²) in [6.07, 6.45) is 3.45. The number of piperazine rings is 1. The minimum Gasteiger partial charge on any atom is -0.339 e. The number of likely N-dealkylation sites (tertiary alicyclic amines) is 1. The van der Waals surface area contributed by atoms with E-state index in [0.29, 0.717) is 24.0 Å². The minimum atomic E-state index is -4.51. The molecule has 2 aromatic heterocycles. The van der Waals surface area contributed by atoms with Crippen LogP contribution in [-0.4, -0.2) is 94.4 Å². The second kappa shape index (κ2) is 13.0. The molecule has 1 unspecified atom stereocenters. The highest BCUT2D eigenvalue weighted by atomic mass is 32.2. The lowest BCUT2D eigenvalue weighted by atomic mass is 10.0. The van der Waals surface area contributed by atoms with Gasteiger partial charge in [-0.3, -0.25) is 19.2 Å². The summed E-state index contributed by atoms with van der Waals surface area (Å²) >= 11 is 0. The van der Waals surface area contributed by atoms with Crippen LogP contribution in [-0.2, 0) is 14.8 Å². The van der Waals surface area contributed by atoms with Crippen molar-refractivity contribution >= 4 is 37.9 Å². The number of fused-ring (bicyclic) bond motifs is 2. The summed E-state index contributed by atoms with van der Waals surface area (Å²) in [6.45, 7) is 8.22. The first-order valence-electron chi connectivity index (χ1n) is 16.4. The Morgan fingerprint density at radius 3 is 2.48 bits per heavy atom. The molecule has 0 radical (unpaired) electrons. The Hall–Kier alpha value is -4.83. The zero-order chi connectivity index (χ0) is 33.4. The first-order chi connectivity index (χ1) is 23.3. The van der Waals surface area contributed by atoms with Gasteiger partial charge in [-0.25, -0.2) is 13.2 Å². The second-order valence-corrected chi connectivity index (χ2v) is 14.2. The summed E-state index contributed by atoms with van der Waals surface area (Å²) in [5.41, 5.74) is 0.381. The number of imidazole rings is 1. The number of rotatable bonds is 8. The largest absolute Gasteiger partial charge is 0.344 e. The van der Waals surface area contributed by atoms with Crippen molar-refractivity contribution in [3.8, 4) is 6.07 Å². The number of benzene rings is 3. The van der Waals surface area contributed by atoms with Gasteiger partial charge in [-0.1, -0.05) is 55.5 Å². The van der Waals surface area contributed by atoms with Crippen molar-refractivity contribution in [1.29, 1.82) is 5.26 Å². The van der Waals surface area contributed by atoms with Crippen LogP contribution in [0.4, 0.5) is 0 Å². The predicted molar refractivity (Wildman–Crippen MR) is 183 cm³/mol. The monoisotopic (exact) mass is 663 g/mol. The lowest BCUT2D eigenvalue weighted by molar-refractivity contribution is -0.132. The fourth-order valence-electron chi connectivity index (χ4n) is 7.24. The number of hydrogen-bond acceptors (Lipinski definition) is 8. The molecule has 0 spiro atoms. The van der Waals surface area contributed by atoms with E-state index < -0.39 is 21.8 Å². The smallest absolute Gasteiger partial charge is 0.339 e. The van der Waals surface area contributed by atoms with Gasteiger partial charge < -0.3 is 9.80 Å². The van der Waals surface area contributed by atoms with Crippen LogP contribution < -0.4 is 5.69 Å². The SMILES string of the molecule is CCCN1CCN([C@H]2CCN(C(=O)C(c3ccccc3)n3c(=O)n(S(=O)(=O)c4cccc5cccnc45)c4ccc(C#N)cc43)C2)CC1. The second-order valence-electron chi connectivity index (χ2n) is 12.5. The van der Waals surface area contributed by atoms with Gasteiger partial charge in [0, 0.05) is 56.9 Å². The van der Waals surface area contributed by atoms with Crippen molar-refractivity contribution in [2.45, 2.75) is 36.7 Å². The van der Waals surface area contributed by atoms with E-state index in [1.54, 1.807) is 53.4 Å².